The van der Waals surface area contributed by atoms with Crippen molar-refractivity contribution in [2.24, 2.45) is 17.8 Å². The molecule has 1 amide bonds. The Hall–Kier alpha value is -1.92. The van der Waals surface area contributed by atoms with Gasteiger partial charge in [0.25, 0.3) is 5.91 Å². The van der Waals surface area contributed by atoms with E-state index in [1.54, 1.807) is 0 Å². The average Bonchev–Trinajstić information content (AvgIpc) is 3.06. The van der Waals surface area contributed by atoms with Crippen molar-refractivity contribution >= 4 is 16.8 Å². The van der Waals surface area contributed by atoms with Crippen LogP contribution in [0.2, 0.25) is 0 Å². The summed E-state index contributed by atoms with van der Waals surface area (Å²) in [6.45, 7) is 7.88. The third-order valence-corrected chi connectivity index (χ3v) is 6.76. The van der Waals surface area contributed by atoms with E-state index in [4.69, 9.17) is 4.74 Å². The summed E-state index contributed by atoms with van der Waals surface area (Å²) >= 11 is 0. The molecule has 2 aliphatic heterocycles. The molecule has 1 saturated carbocycles. The summed E-state index contributed by atoms with van der Waals surface area (Å²) in [5, 5.41) is 8.76. The first-order valence-electron chi connectivity index (χ1n) is 10.3. The van der Waals surface area contributed by atoms with Gasteiger partial charge in [-0.25, -0.2) is 0 Å². The fourth-order valence-electron chi connectivity index (χ4n) is 5.08. The molecule has 1 N–H and O–H groups in total. The normalized spacial score (nSPS) is 28.4. The topological polar surface area (TPSA) is 59.4 Å². The van der Waals surface area contributed by atoms with Gasteiger partial charge < -0.3 is 10.1 Å². The van der Waals surface area contributed by atoms with E-state index in [1.165, 1.54) is 25.9 Å². The molecular formula is C21H28N4O2. The highest BCUT2D eigenvalue weighted by molar-refractivity contribution is 6.05. The third-order valence-electron chi connectivity index (χ3n) is 6.76. The van der Waals surface area contributed by atoms with Crippen LogP contribution in [0.4, 0.5) is 0 Å². The van der Waals surface area contributed by atoms with E-state index in [1.807, 2.05) is 29.1 Å². The summed E-state index contributed by atoms with van der Waals surface area (Å²) in [5.41, 5.74) is 1.49. The second kappa shape index (κ2) is 6.91. The molecule has 6 heteroatoms. The van der Waals surface area contributed by atoms with Crippen LogP contribution in [0.3, 0.4) is 0 Å². The zero-order valence-corrected chi connectivity index (χ0v) is 15.9. The Morgan fingerprint density at radius 2 is 2.04 bits per heavy atom. The lowest BCUT2D eigenvalue weighted by molar-refractivity contribution is 0.0368. The maximum Gasteiger partial charge on any atom is 0.253 e. The Morgan fingerprint density at radius 3 is 2.78 bits per heavy atom. The van der Waals surface area contributed by atoms with Crippen LogP contribution >= 0.6 is 0 Å². The minimum absolute atomic E-state index is 0.00760. The highest BCUT2D eigenvalue weighted by Crippen LogP contribution is 2.52. The molecule has 3 aliphatic rings. The third kappa shape index (κ3) is 3.15. The number of hydrogen-bond donors (Lipinski definition) is 1. The molecule has 0 bridgehead atoms. The number of aromatic nitrogens is 2. The molecule has 2 atom stereocenters. The van der Waals surface area contributed by atoms with Gasteiger partial charge in [0.15, 0.2) is 0 Å². The molecule has 0 radical (unpaired) electrons. The Kier molecular flexibility index (Phi) is 4.40. The van der Waals surface area contributed by atoms with Crippen molar-refractivity contribution in [2.75, 3.05) is 32.8 Å². The van der Waals surface area contributed by atoms with Gasteiger partial charge >= 0.3 is 0 Å². The molecule has 1 aliphatic carbocycles. The smallest absolute Gasteiger partial charge is 0.253 e. The number of amides is 1. The van der Waals surface area contributed by atoms with Crippen molar-refractivity contribution in [2.45, 2.75) is 32.4 Å². The van der Waals surface area contributed by atoms with E-state index >= 15 is 0 Å². The Balaban J connectivity index is 1.17. The summed E-state index contributed by atoms with van der Waals surface area (Å²) in [4.78, 5) is 15.4. The molecule has 27 heavy (non-hydrogen) atoms. The van der Waals surface area contributed by atoms with Crippen LogP contribution in [-0.4, -0.2) is 59.5 Å². The van der Waals surface area contributed by atoms with Crippen LogP contribution in [0.25, 0.3) is 10.9 Å². The van der Waals surface area contributed by atoms with Crippen molar-refractivity contribution in [3.8, 4) is 0 Å². The quantitative estimate of drug-likeness (QED) is 0.879. The maximum absolute atomic E-state index is 12.7. The summed E-state index contributed by atoms with van der Waals surface area (Å²) in [5.74, 6) is 2.19. The van der Waals surface area contributed by atoms with Crippen LogP contribution in [0.15, 0.2) is 24.4 Å². The Bertz CT molecular complexity index is 830. The zero-order chi connectivity index (χ0) is 18.4. The van der Waals surface area contributed by atoms with Gasteiger partial charge in [0.2, 0.25) is 0 Å². The molecule has 3 heterocycles. The fourth-order valence-corrected chi connectivity index (χ4v) is 5.08. The Labute approximate surface area is 159 Å². The van der Waals surface area contributed by atoms with Crippen LogP contribution < -0.4 is 5.32 Å². The number of aryl methyl sites for hydroxylation is 1. The summed E-state index contributed by atoms with van der Waals surface area (Å²) in [6.07, 6.45) is 4.35. The number of ether oxygens (including phenoxy) is 1. The molecule has 0 spiro atoms. The molecule has 2 saturated heterocycles. The van der Waals surface area contributed by atoms with Crippen LogP contribution in [0.5, 0.6) is 0 Å². The molecule has 144 valence electrons. The van der Waals surface area contributed by atoms with Crippen molar-refractivity contribution in [1.29, 1.82) is 0 Å². The first-order chi connectivity index (χ1) is 13.2. The van der Waals surface area contributed by atoms with Crippen LogP contribution in [0.1, 0.15) is 30.1 Å². The van der Waals surface area contributed by atoms with Gasteiger partial charge in [-0.05, 0) is 43.6 Å². The second-order valence-corrected chi connectivity index (χ2v) is 8.23. The Morgan fingerprint density at radius 1 is 1.26 bits per heavy atom. The number of likely N-dealkylation sites (tertiary alicyclic amines) is 1. The van der Waals surface area contributed by atoms with Crippen LogP contribution in [-0.2, 0) is 11.3 Å². The van der Waals surface area contributed by atoms with Gasteiger partial charge in [-0.1, -0.05) is 12.1 Å². The lowest BCUT2D eigenvalue weighted by Crippen LogP contribution is -2.40. The molecule has 5 rings (SSSR count). The molecule has 2 aromatic rings. The predicted molar refractivity (Wildman–Crippen MR) is 104 cm³/mol. The van der Waals surface area contributed by atoms with E-state index in [2.05, 4.69) is 22.2 Å². The molecule has 2 unspecified atom stereocenters. The number of piperidine rings is 1. The van der Waals surface area contributed by atoms with Gasteiger partial charge in [-0.2, -0.15) is 5.10 Å². The standard InChI is InChI=1S/C21H28N4O2/c1-2-25-11-14-4-3-5-16(20(14)23-25)21(26)22-10-17-18-12-24(13-19(17)18)15-6-8-27-9-7-15/h3-5,11,15,17-19H,2,6-10,12-13H2,1H3,(H,22,26). The van der Waals surface area contributed by atoms with E-state index in [-0.39, 0.29) is 5.91 Å². The van der Waals surface area contributed by atoms with Gasteiger partial charge in [0.05, 0.1) is 5.56 Å². The van der Waals surface area contributed by atoms with Crippen molar-refractivity contribution < 1.29 is 9.53 Å². The molecule has 6 nitrogen and oxygen atoms in total. The largest absolute Gasteiger partial charge is 0.381 e. The van der Waals surface area contributed by atoms with E-state index in [0.29, 0.717) is 17.5 Å². The lowest BCUT2D eigenvalue weighted by atomic mass is 10.1. The zero-order valence-electron chi connectivity index (χ0n) is 15.9. The van der Waals surface area contributed by atoms with E-state index < -0.39 is 0 Å². The maximum atomic E-state index is 12.7. The first-order valence-corrected chi connectivity index (χ1v) is 10.3. The number of fused-ring (bicyclic) bond motifs is 2. The minimum Gasteiger partial charge on any atom is -0.381 e. The number of nitrogens with one attached hydrogen (secondary N) is 1. The van der Waals surface area contributed by atoms with Gasteiger partial charge in [0.1, 0.15) is 5.52 Å². The fraction of sp³-hybridized carbons (Fsp3) is 0.619. The molecule has 1 aromatic heterocycles. The van der Waals surface area contributed by atoms with Crippen molar-refractivity contribution in [3.05, 3.63) is 30.0 Å². The molecule has 3 fully saturated rings. The number of nitrogens with zero attached hydrogens (tertiary/aromatic N) is 3. The number of benzene rings is 1. The minimum atomic E-state index is 0.00760. The van der Waals surface area contributed by atoms with Crippen LogP contribution in [0, 0.1) is 17.8 Å². The second-order valence-electron chi connectivity index (χ2n) is 8.23. The average molecular weight is 368 g/mol. The van der Waals surface area contributed by atoms with Crippen molar-refractivity contribution in [3.63, 3.8) is 0 Å². The molecule has 1 aromatic carbocycles. The predicted octanol–water partition coefficient (Wildman–Crippen LogP) is 2.14. The monoisotopic (exact) mass is 368 g/mol. The highest BCUT2D eigenvalue weighted by atomic mass is 16.5. The number of hydrogen-bond acceptors (Lipinski definition) is 4. The van der Waals surface area contributed by atoms with E-state index in [0.717, 1.165) is 49.0 Å². The van der Waals surface area contributed by atoms with Crippen molar-refractivity contribution in [1.82, 2.24) is 20.0 Å². The summed E-state index contributed by atoms with van der Waals surface area (Å²) in [7, 11) is 0. The van der Waals surface area contributed by atoms with E-state index in [9.17, 15) is 4.79 Å². The lowest BCUT2D eigenvalue weighted by Gasteiger charge is -2.32. The molecular weight excluding hydrogens is 340 g/mol. The van der Waals surface area contributed by atoms with Gasteiger partial charge in [-0.3, -0.25) is 14.4 Å². The number of carbonyl (C=O) groups is 1. The number of carbonyl (C=O) groups excluding carboxylic acids is 1. The van der Waals surface area contributed by atoms with Gasteiger partial charge in [-0.15, -0.1) is 0 Å². The summed E-state index contributed by atoms with van der Waals surface area (Å²) in [6, 6.07) is 6.55. The number of rotatable bonds is 5. The highest BCUT2D eigenvalue weighted by Gasteiger charge is 2.56. The summed E-state index contributed by atoms with van der Waals surface area (Å²) < 4.78 is 7.37. The first kappa shape index (κ1) is 17.2. The SMILES string of the molecule is CCn1cc2cccc(C(=O)NCC3C4CN(C5CCOCC5)CC34)c2n1. The van der Waals surface area contributed by atoms with Gasteiger partial charge in [0, 0.05) is 57.0 Å².